The lowest BCUT2D eigenvalue weighted by Gasteiger charge is -2.26. The highest BCUT2D eigenvalue weighted by molar-refractivity contribution is 5.66. The minimum atomic E-state index is -0.706. The van der Waals surface area contributed by atoms with E-state index in [-0.39, 0.29) is 11.4 Å². The molecule has 114 valence electrons. The molecule has 0 aliphatic carbocycles. The van der Waals surface area contributed by atoms with Crippen molar-refractivity contribution in [3.63, 3.8) is 0 Å². The molecule has 2 saturated heterocycles. The number of nitrogens with one attached hydrogen (secondary N) is 1. The van der Waals surface area contributed by atoms with E-state index < -0.39 is 10.7 Å². The molecule has 0 spiro atoms. The zero-order chi connectivity index (χ0) is 15.0. The third-order valence-electron chi connectivity index (χ3n) is 4.31. The number of anilines is 1. The van der Waals surface area contributed by atoms with Crippen LogP contribution in [-0.4, -0.2) is 37.2 Å². The van der Waals surface area contributed by atoms with Crippen LogP contribution in [0, 0.1) is 15.9 Å². The second kappa shape index (κ2) is 5.48. The van der Waals surface area contributed by atoms with Crippen molar-refractivity contribution in [1.29, 1.82) is 0 Å². The van der Waals surface area contributed by atoms with Gasteiger partial charge in [0.1, 0.15) is 5.69 Å². The highest BCUT2D eigenvalue weighted by Crippen LogP contribution is 2.36. The van der Waals surface area contributed by atoms with E-state index in [1.54, 1.807) is 0 Å². The number of ether oxygens (including phenoxy) is 1. The monoisotopic (exact) mass is 295 g/mol. The Morgan fingerprint density at radius 2 is 2.14 bits per heavy atom. The maximum atomic E-state index is 13.7. The Bertz CT molecular complexity index is 567. The van der Waals surface area contributed by atoms with Crippen LogP contribution < -0.4 is 15.0 Å². The van der Waals surface area contributed by atoms with Gasteiger partial charge in [0, 0.05) is 31.2 Å². The van der Waals surface area contributed by atoms with Crippen molar-refractivity contribution in [2.45, 2.75) is 31.3 Å². The molecule has 1 aromatic rings. The van der Waals surface area contributed by atoms with Crippen molar-refractivity contribution in [2.75, 3.05) is 25.1 Å². The normalized spacial score (nSPS) is 24.8. The second-order valence-electron chi connectivity index (χ2n) is 5.61. The lowest BCUT2D eigenvalue weighted by atomic mass is 10.1. The molecule has 6 nitrogen and oxygen atoms in total. The average molecular weight is 295 g/mol. The third kappa shape index (κ3) is 2.65. The van der Waals surface area contributed by atoms with E-state index in [0.29, 0.717) is 24.3 Å². The minimum absolute atomic E-state index is 0.0398. The molecule has 0 amide bonds. The van der Waals surface area contributed by atoms with E-state index in [1.165, 1.54) is 13.2 Å². The number of methoxy groups -OCH3 is 1. The third-order valence-corrected chi connectivity index (χ3v) is 4.31. The summed E-state index contributed by atoms with van der Waals surface area (Å²) in [6.07, 6.45) is 3.17. The predicted molar refractivity (Wildman–Crippen MR) is 76.4 cm³/mol. The van der Waals surface area contributed by atoms with Crippen molar-refractivity contribution in [2.24, 2.45) is 0 Å². The average Bonchev–Trinajstić information content (AvgIpc) is 2.78. The summed E-state index contributed by atoms with van der Waals surface area (Å²) in [7, 11) is 1.36. The number of nitro benzene ring substituents is 1. The molecule has 1 N–H and O–H groups in total. The number of hydrogen-bond acceptors (Lipinski definition) is 5. The molecule has 2 unspecified atom stereocenters. The molecular weight excluding hydrogens is 277 g/mol. The minimum Gasteiger partial charge on any atom is -0.494 e. The quantitative estimate of drug-likeness (QED) is 0.683. The Morgan fingerprint density at radius 3 is 2.86 bits per heavy atom. The van der Waals surface area contributed by atoms with Gasteiger partial charge in [-0.15, -0.1) is 0 Å². The number of nitro groups is 1. The fraction of sp³-hybridized carbons (Fsp3) is 0.571. The molecule has 1 aromatic carbocycles. The van der Waals surface area contributed by atoms with Gasteiger partial charge in [0.25, 0.3) is 5.69 Å². The van der Waals surface area contributed by atoms with Gasteiger partial charge in [-0.2, -0.15) is 0 Å². The van der Waals surface area contributed by atoms with Crippen LogP contribution in [0.2, 0.25) is 0 Å². The van der Waals surface area contributed by atoms with Gasteiger partial charge in [-0.05, 0) is 19.3 Å². The van der Waals surface area contributed by atoms with Crippen LogP contribution in [0.1, 0.15) is 19.3 Å². The first-order valence-electron chi connectivity index (χ1n) is 7.11. The fourth-order valence-electron chi connectivity index (χ4n) is 3.25. The Hall–Kier alpha value is -1.89. The molecule has 3 rings (SSSR count). The Morgan fingerprint density at radius 1 is 1.38 bits per heavy atom. The number of rotatable bonds is 3. The van der Waals surface area contributed by atoms with Gasteiger partial charge in [0.15, 0.2) is 11.6 Å². The maximum Gasteiger partial charge on any atom is 0.295 e. The molecule has 2 fully saturated rings. The van der Waals surface area contributed by atoms with E-state index in [0.717, 1.165) is 31.9 Å². The maximum absolute atomic E-state index is 13.7. The lowest BCUT2D eigenvalue weighted by Crippen LogP contribution is -2.35. The predicted octanol–water partition coefficient (Wildman–Crippen LogP) is 2.07. The Kier molecular flexibility index (Phi) is 3.67. The number of halogens is 1. The summed E-state index contributed by atoms with van der Waals surface area (Å²) in [6, 6.07) is 3.21. The van der Waals surface area contributed by atoms with Gasteiger partial charge in [-0.3, -0.25) is 10.1 Å². The largest absolute Gasteiger partial charge is 0.494 e. The van der Waals surface area contributed by atoms with Crippen LogP contribution in [0.5, 0.6) is 5.75 Å². The van der Waals surface area contributed by atoms with Crippen molar-refractivity contribution in [3.8, 4) is 5.75 Å². The summed E-state index contributed by atoms with van der Waals surface area (Å²) in [5.41, 5.74) is 0.235. The molecule has 2 atom stereocenters. The van der Waals surface area contributed by atoms with E-state index >= 15 is 0 Å². The van der Waals surface area contributed by atoms with Crippen molar-refractivity contribution in [3.05, 3.63) is 28.1 Å². The first kappa shape index (κ1) is 14.1. The zero-order valence-electron chi connectivity index (χ0n) is 11.8. The van der Waals surface area contributed by atoms with Crippen LogP contribution in [0.4, 0.5) is 15.8 Å². The van der Waals surface area contributed by atoms with Gasteiger partial charge >= 0.3 is 0 Å². The van der Waals surface area contributed by atoms with Gasteiger partial charge in [-0.25, -0.2) is 4.39 Å². The topological polar surface area (TPSA) is 67.6 Å². The van der Waals surface area contributed by atoms with E-state index in [9.17, 15) is 14.5 Å². The zero-order valence-corrected chi connectivity index (χ0v) is 11.8. The van der Waals surface area contributed by atoms with E-state index in [4.69, 9.17) is 4.74 Å². The SMILES string of the molecule is COc1cc(N2CCC3CCC(C2)N3)c([N+](=O)[O-])cc1F. The summed E-state index contributed by atoms with van der Waals surface area (Å²) < 4.78 is 18.7. The number of benzene rings is 1. The summed E-state index contributed by atoms with van der Waals surface area (Å²) in [4.78, 5) is 12.7. The number of nitrogens with zero attached hydrogens (tertiary/aromatic N) is 2. The number of hydrogen-bond donors (Lipinski definition) is 1. The van der Waals surface area contributed by atoms with Crippen LogP contribution in [0.15, 0.2) is 12.1 Å². The molecule has 0 radical (unpaired) electrons. The molecular formula is C14H18FN3O3. The second-order valence-corrected chi connectivity index (χ2v) is 5.61. The standard InChI is InChI=1S/C14H18FN3O3/c1-21-14-7-12(13(18(19)20)6-11(14)15)17-5-4-9-2-3-10(8-17)16-9/h6-7,9-10,16H,2-5,8H2,1H3. The lowest BCUT2D eigenvalue weighted by molar-refractivity contribution is -0.384. The smallest absolute Gasteiger partial charge is 0.295 e. The molecule has 2 heterocycles. The summed E-state index contributed by atoms with van der Waals surface area (Å²) in [5, 5.41) is 14.7. The molecule has 2 aliphatic heterocycles. The molecule has 2 bridgehead atoms. The molecule has 2 aliphatic rings. The molecule has 0 aromatic heterocycles. The van der Waals surface area contributed by atoms with Gasteiger partial charge in [0.2, 0.25) is 0 Å². The fourth-order valence-corrected chi connectivity index (χ4v) is 3.25. The summed E-state index contributed by atoms with van der Waals surface area (Å²) >= 11 is 0. The van der Waals surface area contributed by atoms with E-state index in [1.807, 2.05) is 4.90 Å². The van der Waals surface area contributed by atoms with Gasteiger partial charge in [0.05, 0.1) is 18.1 Å². The first-order valence-corrected chi connectivity index (χ1v) is 7.11. The van der Waals surface area contributed by atoms with Gasteiger partial charge in [-0.1, -0.05) is 0 Å². The van der Waals surface area contributed by atoms with Crippen molar-refractivity contribution in [1.82, 2.24) is 5.32 Å². The molecule has 21 heavy (non-hydrogen) atoms. The van der Waals surface area contributed by atoms with Gasteiger partial charge < -0.3 is 15.0 Å². The van der Waals surface area contributed by atoms with Crippen molar-refractivity contribution >= 4 is 11.4 Å². The van der Waals surface area contributed by atoms with Crippen LogP contribution >= 0.6 is 0 Å². The highest BCUT2D eigenvalue weighted by Gasteiger charge is 2.32. The van der Waals surface area contributed by atoms with Crippen molar-refractivity contribution < 1.29 is 14.1 Å². The molecule has 7 heteroatoms. The van der Waals surface area contributed by atoms with E-state index in [2.05, 4.69) is 5.32 Å². The Balaban J connectivity index is 1.97. The van der Waals surface area contributed by atoms with Crippen LogP contribution in [0.25, 0.3) is 0 Å². The first-order chi connectivity index (χ1) is 10.1. The molecule has 0 saturated carbocycles. The van der Waals surface area contributed by atoms with Crippen LogP contribution in [-0.2, 0) is 0 Å². The summed E-state index contributed by atoms with van der Waals surface area (Å²) in [5.74, 6) is -0.666. The Labute approximate surface area is 122 Å². The van der Waals surface area contributed by atoms with Crippen LogP contribution in [0.3, 0.4) is 0 Å². The number of fused-ring (bicyclic) bond motifs is 2. The highest BCUT2D eigenvalue weighted by atomic mass is 19.1. The summed E-state index contributed by atoms with van der Waals surface area (Å²) in [6.45, 7) is 1.43.